The Hall–Kier alpha value is -11.4. The van der Waals surface area contributed by atoms with E-state index >= 15 is 0 Å². The van der Waals surface area contributed by atoms with E-state index in [-0.39, 0.29) is 71.9 Å². The molecule has 660 valence electrons. The van der Waals surface area contributed by atoms with Crippen LogP contribution in [0.25, 0.3) is 91.4 Å². The molecule has 0 bridgehead atoms. The molecule has 4 fully saturated rings. The molecule has 28 heteroatoms. The van der Waals surface area contributed by atoms with Crippen molar-refractivity contribution < 1.29 is 75.9 Å². The Kier molecular flexibility index (Phi) is 31.6. The molecular weight excluding hydrogens is 1690 g/mol. The van der Waals surface area contributed by atoms with E-state index in [0.717, 1.165) is 158 Å². The van der Waals surface area contributed by atoms with Crippen LogP contribution >= 0.6 is 46.4 Å². The van der Waals surface area contributed by atoms with Gasteiger partial charge in [0.2, 0.25) is 23.3 Å². The van der Waals surface area contributed by atoms with Gasteiger partial charge in [0.05, 0.1) is 82.4 Å². The fourth-order valence-corrected chi connectivity index (χ4v) is 17.7. The highest BCUT2D eigenvalue weighted by Gasteiger charge is 2.37. The number of carboxylic acid groups (broad SMARTS) is 2. The number of carbonyl (C=O) groups is 4. The number of aromatic nitrogens is 8. The van der Waals surface area contributed by atoms with Crippen LogP contribution < -0.4 is 18.9 Å². The van der Waals surface area contributed by atoms with Crippen LogP contribution in [0.3, 0.4) is 0 Å². The summed E-state index contributed by atoms with van der Waals surface area (Å²) >= 11 is 25.3. The minimum Gasteiger partial charge on any atom is -0.489 e. The van der Waals surface area contributed by atoms with Crippen molar-refractivity contribution in [3.63, 3.8) is 0 Å². The van der Waals surface area contributed by atoms with Gasteiger partial charge >= 0.3 is 23.9 Å². The SMILES string of the molecule is CC(C)Oc1ccc(-c2noc(-c3ccc(C[C@@H]4CCC[C@H]4C(=O)O)cc3)n2)cc1Cl.CC(C)Oc1ccc(-c2noc(-c3ccc(C[C@H]4CCC[C@@H]4C(=O)O)cc3)n2)cc1Cl.COC(=O)[C@@H]1CCC[C@@H]1Cc1ccc(-c2nc(-c3ccc(OC(C)C)c(Cl)c3)no2)cc1.COC(=O)[C@H]1CCC[C@H]1Cc1ccc(-c2nc(-c3ccc(OC(C)C)c(Cl)c3)no2)cc1. The van der Waals surface area contributed by atoms with E-state index in [2.05, 4.69) is 64.8 Å². The Morgan fingerprint density at radius 2 is 0.524 bits per heavy atom. The predicted molar refractivity (Wildman–Crippen MR) is 481 cm³/mol. The van der Waals surface area contributed by atoms with Crippen molar-refractivity contribution in [3.8, 4) is 114 Å². The minimum atomic E-state index is -0.679. The molecule has 0 amide bonds. The molecule has 24 nitrogen and oxygen atoms in total. The van der Waals surface area contributed by atoms with Crippen LogP contribution in [0, 0.1) is 47.3 Å². The van der Waals surface area contributed by atoms with Gasteiger partial charge < -0.3 is 56.7 Å². The highest BCUT2D eigenvalue weighted by molar-refractivity contribution is 6.33. The molecule has 12 aromatic rings. The smallest absolute Gasteiger partial charge is 0.308 e. The van der Waals surface area contributed by atoms with E-state index in [1.54, 1.807) is 36.4 Å². The number of ether oxygens (including phenoxy) is 6. The zero-order chi connectivity index (χ0) is 89.2. The van der Waals surface area contributed by atoms with E-state index in [0.29, 0.717) is 102 Å². The van der Waals surface area contributed by atoms with Gasteiger partial charge in [-0.3, -0.25) is 19.2 Å². The number of benzene rings is 8. The Bertz CT molecular complexity index is 5310. The summed E-state index contributed by atoms with van der Waals surface area (Å²) in [6.07, 6.45) is 14.9. The van der Waals surface area contributed by atoms with Gasteiger partial charge in [-0.25, -0.2) is 0 Å². The zero-order valence-corrected chi connectivity index (χ0v) is 75.1. The molecule has 0 unspecified atom stereocenters. The van der Waals surface area contributed by atoms with E-state index in [1.807, 2.05) is 165 Å². The van der Waals surface area contributed by atoms with Crippen molar-refractivity contribution in [3.05, 3.63) is 212 Å². The maximum Gasteiger partial charge on any atom is 0.308 e. The molecule has 8 aromatic carbocycles. The molecule has 8 atom stereocenters. The Labute approximate surface area is 752 Å². The van der Waals surface area contributed by atoms with Crippen LogP contribution in [0.4, 0.5) is 0 Å². The van der Waals surface area contributed by atoms with Crippen molar-refractivity contribution in [2.24, 2.45) is 47.3 Å². The van der Waals surface area contributed by atoms with Gasteiger partial charge in [-0.2, -0.15) is 19.9 Å². The van der Waals surface area contributed by atoms with Gasteiger partial charge in [-0.15, -0.1) is 0 Å². The second-order valence-electron chi connectivity index (χ2n) is 33.5. The first-order chi connectivity index (χ1) is 60.7. The predicted octanol–water partition coefficient (Wildman–Crippen LogP) is 23.7. The first-order valence-electron chi connectivity index (χ1n) is 42.9. The largest absolute Gasteiger partial charge is 0.489 e. The Morgan fingerprint density at radius 3 is 0.722 bits per heavy atom. The number of halogens is 4. The average Bonchev–Trinajstić information content (AvgIpc) is 1.67. The number of nitrogens with zero attached hydrogens (tertiary/aromatic N) is 8. The maximum atomic E-state index is 12.0. The number of carbonyl (C=O) groups excluding carboxylic acids is 2. The molecule has 4 aliphatic rings. The van der Waals surface area contributed by atoms with Gasteiger partial charge in [-0.05, 0) is 300 Å². The lowest BCUT2D eigenvalue weighted by molar-refractivity contribution is -0.147. The molecule has 0 aliphatic heterocycles. The highest BCUT2D eigenvalue weighted by Crippen LogP contribution is 2.42. The molecule has 4 saturated carbocycles. The zero-order valence-electron chi connectivity index (χ0n) is 72.1. The number of hydrogen-bond donors (Lipinski definition) is 2. The summed E-state index contributed by atoms with van der Waals surface area (Å²) in [7, 11) is 2.93. The van der Waals surface area contributed by atoms with Crippen LogP contribution in [0.1, 0.15) is 155 Å². The summed E-state index contributed by atoms with van der Waals surface area (Å²) in [5, 5.41) is 37.1. The third-order valence-corrected chi connectivity index (χ3v) is 24.2. The number of hydrogen-bond acceptors (Lipinski definition) is 22. The van der Waals surface area contributed by atoms with Gasteiger partial charge in [0.15, 0.2) is 0 Å². The molecule has 0 saturated heterocycles. The molecule has 0 spiro atoms. The summed E-state index contributed by atoms with van der Waals surface area (Å²) in [5.41, 5.74) is 10.9. The highest BCUT2D eigenvalue weighted by atomic mass is 35.5. The van der Waals surface area contributed by atoms with Gasteiger partial charge in [0.25, 0.3) is 23.6 Å². The second kappa shape index (κ2) is 43.2. The van der Waals surface area contributed by atoms with Crippen LogP contribution in [0.2, 0.25) is 20.1 Å². The fraction of sp³-hybridized carbons (Fsp3) is 0.388. The lowest BCUT2D eigenvalue weighted by Gasteiger charge is -2.17. The standard InChI is InChI=1S/2C25H27ClN2O4.2C24H25ClN2O4/c2*1-15(2)31-22-12-11-19(14-21(22)26)23-27-24(32-28-23)17-9-7-16(8-10-17)13-18-5-4-6-20(18)25(29)30-3;2*1-14(2)30-21-11-10-18(13-20(21)25)22-26-23(31-27-22)16-8-6-15(7-9-16)12-17-4-3-5-19(17)24(28)29/h2*7-12,14-15,18,20H,4-6,13H2,1-3H3;2*6-11,13-14,17,19H,3-5,12H2,1-2H3,(H,28,29)/t2*18-,20-;2*17-,19+/m1010/s1. The summed E-state index contributed by atoms with van der Waals surface area (Å²) in [5.74, 6) is 5.11. The third kappa shape index (κ3) is 24.2. The molecule has 4 aromatic heterocycles. The van der Waals surface area contributed by atoms with Crippen molar-refractivity contribution in [1.82, 2.24) is 40.6 Å². The van der Waals surface area contributed by atoms with Crippen molar-refractivity contribution in [2.45, 2.75) is 183 Å². The maximum absolute atomic E-state index is 12.0. The lowest BCUT2D eigenvalue weighted by atomic mass is 9.89. The molecule has 4 heterocycles. The van der Waals surface area contributed by atoms with Crippen molar-refractivity contribution in [2.75, 3.05) is 14.2 Å². The number of methoxy groups -OCH3 is 2. The number of esters is 2. The van der Waals surface area contributed by atoms with Crippen LogP contribution in [-0.2, 0) is 54.3 Å². The van der Waals surface area contributed by atoms with Gasteiger partial charge in [0, 0.05) is 44.5 Å². The number of carboxylic acids is 2. The van der Waals surface area contributed by atoms with E-state index in [9.17, 15) is 29.4 Å². The number of aliphatic carboxylic acids is 2. The summed E-state index contributed by atoms with van der Waals surface area (Å²) < 4.78 is 54.5. The van der Waals surface area contributed by atoms with E-state index in [1.165, 1.54) is 25.3 Å². The summed E-state index contributed by atoms with van der Waals surface area (Å²) in [6.45, 7) is 15.6. The average molecular weight is 1790 g/mol. The fourth-order valence-electron chi connectivity index (χ4n) is 16.8. The number of rotatable bonds is 28. The van der Waals surface area contributed by atoms with Crippen LogP contribution in [0.5, 0.6) is 23.0 Å². The minimum absolute atomic E-state index is 0.00215. The summed E-state index contributed by atoms with van der Waals surface area (Å²) in [4.78, 5) is 64.8. The van der Waals surface area contributed by atoms with E-state index < -0.39 is 11.9 Å². The molecule has 0 radical (unpaired) electrons. The lowest BCUT2D eigenvalue weighted by Crippen LogP contribution is -2.21. The molecular formula is C98H104Cl4N8O16. The quantitative estimate of drug-likeness (QED) is 0.0430. The second-order valence-corrected chi connectivity index (χ2v) is 35.1. The molecule has 2 N–H and O–H groups in total. The van der Waals surface area contributed by atoms with Crippen LogP contribution in [0.15, 0.2) is 188 Å². The van der Waals surface area contributed by atoms with Crippen molar-refractivity contribution in [1.29, 1.82) is 0 Å². The normalized spacial score (nSPS) is 18.3. The topological polar surface area (TPSA) is 320 Å². The Morgan fingerprint density at radius 1 is 0.317 bits per heavy atom. The molecule has 126 heavy (non-hydrogen) atoms. The van der Waals surface area contributed by atoms with E-state index in [4.69, 9.17) is 92.9 Å². The Balaban J connectivity index is 0.000000144. The van der Waals surface area contributed by atoms with Crippen molar-refractivity contribution >= 4 is 70.3 Å². The monoisotopic (exact) mass is 1790 g/mol. The first kappa shape index (κ1) is 92.2. The third-order valence-electron chi connectivity index (χ3n) is 23.0. The summed E-state index contributed by atoms with van der Waals surface area (Å²) in [6, 6.07) is 53.6. The van der Waals surface area contributed by atoms with Gasteiger partial charge in [-0.1, -0.05) is 141 Å². The first-order valence-corrected chi connectivity index (χ1v) is 44.4. The molecule has 4 aliphatic carbocycles. The van der Waals surface area contributed by atoms with Crippen LogP contribution in [-0.4, -0.2) is 113 Å². The molecule has 16 rings (SSSR count). The van der Waals surface area contributed by atoms with Gasteiger partial charge in [0.1, 0.15) is 23.0 Å².